The van der Waals surface area contributed by atoms with Crippen molar-refractivity contribution < 1.29 is 14.6 Å². The van der Waals surface area contributed by atoms with E-state index in [-0.39, 0.29) is 12.7 Å². The maximum Gasteiger partial charge on any atom is 0.137 e. The molecule has 1 unspecified atom stereocenters. The highest BCUT2D eigenvalue weighted by Gasteiger charge is 2.23. The van der Waals surface area contributed by atoms with Crippen LogP contribution in [-0.4, -0.2) is 17.8 Å². The summed E-state index contributed by atoms with van der Waals surface area (Å²) < 4.78 is 11.6. The number of hydrogen-bond acceptors (Lipinski definition) is 3. The van der Waals surface area contributed by atoms with E-state index in [9.17, 15) is 0 Å². The van der Waals surface area contributed by atoms with E-state index in [0.29, 0.717) is 6.61 Å². The summed E-state index contributed by atoms with van der Waals surface area (Å²) in [6.45, 7) is 2.63. The molecule has 1 heterocycles. The van der Waals surface area contributed by atoms with Crippen LogP contribution in [0.3, 0.4) is 0 Å². The van der Waals surface area contributed by atoms with Crippen LogP contribution < -0.4 is 9.47 Å². The molecule has 0 saturated carbocycles. The molecule has 3 heteroatoms. The molecule has 0 fully saturated rings. The molecule has 1 aliphatic heterocycles. The summed E-state index contributed by atoms with van der Waals surface area (Å²) in [7, 11) is 0. The number of fused-ring (bicyclic) bond motifs is 1. The van der Waals surface area contributed by atoms with Crippen LogP contribution in [0.1, 0.15) is 16.7 Å². The average Bonchev–Trinajstić information content (AvgIpc) is 2.87. The van der Waals surface area contributed by atoms with Gasteiger partial charge in [0.2, 0.25) is 0 Å². The molecule has 3 nitrogen and oxygen atoms in total. The minimum Gasteiger partial charge on any atom is -0.490 e. The number of aliphatic hydroxyl groups is 1. The van der Waals surface area contributed by atoms with Gasteiger partial charge in [-0.05, 0) is 36.2 Å². The second kappa shape index (κ2) is 5.55. The lowest BCUT2D eigenvalue weighted by Crippen LogP contribution is -2.22. The number of hydrogen-bond donors (Lipinski definition) is 1. The highest BCUT2D eigenvalue weighted by molar-refractivity contribution is 5.40. The van der Waals surface area contributed by atoms with Crippen molar-refractivity contribution in [3.8, 4) is 11.5 Å². The number of rotatable bonds is 4. The molecule has 20 heavy (non-hydrogen) atoms. The molecule has 2 aromatic carbocycles. The lowest BCUT2D eigenvalue weighted by atomic mass is 10.1. The molecule has 1 N–H and O–H groups in total. The molecule has 0 spiro atoms. The Hall–Kier alpha value is -2.00. The van der Waals surface area contributed by atoms with Gasteiger partial charge in [-0.1, -0.05) is 29.8 Å². The predicted octanol–water partition coefficient (Wildman–Crippen LogP) is 2.87. The van der Waals surface area contributed by atoms with E-state index in [1.165, 1.54) is 11.1 Å². The predicted molar refractivity (Wildman–Crippen MR) is 77.2 cm³/mol. The molecule has 1 atom stereocenters. The average molecular weight is 270 g/mol. The molecule has 1 aliphatic rings. The van der Waals surface area contributed by atoms with Gasteiger partial charge in [-0.2, -0.15) is 0 Å². The van der Waals surface area contributed by atoms with Crippen LogP contribution >= 0.6 is 0 Å². The van der Waals surface area contributed by atoms with E-state index in [2.05, 4.69) is 19.1 Å². The van der Waals surface area contributed by atoms with Crippen molar-refractivity contribution in [3.63, 3.8) is 0 Å². The first-order valence-electron chi connectivity index (χ1n) is 6.83. The van der Waals surface area contributed by atoms with Crippen LogP contribution in [0.25, 0.3) is 0 Å². The van der Waals surface area contributed by atoms with E-state index in [1.807, 2.05) is 30.3 Å². The van der Waals surface area contributed by atoms with Gasteiger partial charge in [0, 0.05) is 6.42 Å². The molecule has 0 saturated heterocycles. The fraction of sp³-hybridized carbons (Fsp3) is 0.294. The van der Waals surface area contributed by atoms with E-state index >= 15 is 0 Å². The molecule has 0 aromatic heterocycles. The minimum atomic E-state index is 0.0296. The summed E-state index contributed by atoms with van der Waals surface area (Å²) in [6.07, 6.45) is 0.945. The molecule has 0 bridgehead atoms. The quantitative estimate of drug-likeness (QED) is 0.928. The van der Waals surface area contributed by atoms with Gasteiger partial charge >= 0.3 is 0 Å². The van der Waals surface area contributed by atoms with Crippen LogP contribution in [0, 0.1) is 6.92 Å². The first-order valence-corrected chi connectivity index (χ1v) is 6.83. The smallest absolute Gasteiger partial charge is 0.137 e. The fourth-order valence-electron chi connectivity index (χ4n) is 2.46. The molecular formula is C17H18O3. The third-order valence-corrected chi connectivity index (χ3v) is 3.47. The van der Waals surface area contributed by atoms with E-state index in [0.717, 1.165) is 23.5 Å². The zero-order valence-corrected chi connectivity index (χ0v) is 11.5. The van der Waals surface area contributed by atoms with Crippen molar-refractivity contribution in [1.82, 2.24) is 0 Å². The van der Waals surface area contributed by atoms with Crippen molar-refractivity contribution >= 4 is 0 Å². The second-order valence-electron chi connectivity index (χ2n) is 5.17. The maximum absolute atomic E-state index is 9.11. The third kappa shape index (κ3) is 2.78. The Morgan fingerprint density at radius 2 is 2.15 bits per heavy atom. The second-order valence-corrected chi connectivity index (χ2v) is 5.17. The SMILES string of the molecule is Cc1ccc2c(c1)CC(COc1cccc(CO)c1)O2. The standard InChI is InChI=1S/C17H18O3/c1-12-5-6-17-14(7-12)9-16(20-17)11-19-15-4-2-3-13(8-15)10-18/h2-8,16,18H,9-11H2,1H3. The Balaban J connectivity index is 1.60. The van der Waals surface area contributed by atoms with Crippen LogP contribution in [0.15, 0.2) is 42.5 Å². The van der Waals surface area contributed by atoms with Crippen molar-refractivity contribution in [1.29, 1.82) is 0 Å². The number of aryl methyl sites for hydroxylation is 1. The third-order valence-electron chi connectivity index (χ3n) is 3.47. The highest BCUT2D eigenvalue weighted by atomic mass is 16.5. The van der Waals surface area contributed by atoms with Gasteiger partial charge in [0.25, 0.3) is 0 Å². The van der Waals surface area contributed by atoms with Crippen molar-refractivity contribution in [2.75, 3.05) is 6.61 Å². The molecule has 3 rings (SSSR count). The van der Waals surface area contributed by atoms with Gasteiger partial charge in [-0.25, -0.2) is 0 Å². The first kappa shape index (κ1) is 13.0. The molecule has 104 valence electrons. The zero-order valence-electron chi connectivity index (χ0n) is 11.5. The summed E-state index contributed by atoms with van der Waals surface area (Å²) in [4.78, 5) is 0. The van der Waals surface area contributed by atoms with Crippen molar-refractivity contribution in [3.05, 3.63) is 59.2 Å². The number of aliphatic hydroxyl groups excluding tert-OH is 1. The molecule has 0 amide bonds. The van der Waals surface area contributed by atoms with E-state index in [4.69, 9.17) is 14.6 Å². The Kier molecular flexibility index (Phi) is 3.61. The summed E-state index contributed by atoms with van der Waals surface area (Å²) in [6, 6.07) is 13.8. The van der Waals surface area contributed by atoms with Gasteiger partial charge in [-0.15, -0.1) is 0 Å². The lowest BCUT2D eigenvalue weighted by molar-refractivity contribution is 0.148. The summed E-state index contributed by atoms with van der Waals surface area (Å²) in [5, 5.41) is 9.11. The largest absolute Gasteiger partial charge is 0.490 e. The molecule has 0 radical (unpaired) electrons. The van der Waals surface area contributed by atoms with E-state index in [1.54, 1.807) is 0 Å². The van der Waals surface area contributed by atoms with Gasteiger partial charge < -0.3 is 14.6 Å². The van der Waals surface area contributed by atoms with Crippen molar-refractivity contribution in [2.24, 2.45) is 0 Å². The summed E-state index contributed by atoms with van der Waals surface area (Å²) in [5.74, 6) is 1.74. The van der Waals surface area contributed by atoms with Gasteiger partial charge in [-0.3, -0.25) is 0 Å². The Morgan fingerprint density at radius 3 is 3.00 bits per heavy atom. The minimum absolute atomic E-state index is 0.0296. The van der Waals surface area contributed by atoms with Crippen LogP contribution in [0.5, 0.6) is 11.5 Å². The molecule has 2 aromatic rings. The van der Waals surface area contributed by atoms with Gasteiger partial charge in [0.15, 0.2) is 0 Å². The fourth-order valence-corrected chi connectivity index (χ4v) is 2.46. The first-order chi connectivity index (χ1) is 9.74. The number of ether oxygens (including phenoxy) is 2. The highest BCUT2D eigenvalue weighted by Crippen LogP contribution is 2.29. The Morgan fingerprint density at radius 1 is 1.25 bits per heavy atom. The Bertz CT molecular complexity index is 607. The topological polar surface area (TPSA) is 38.7 Å². The monoisotopic (exact) mass is 270 g/mol. The van der Waals surface area contributed by atoms with Crippen molar-refractivity contribution in [2.45, 2.75) is 26.1 Å². The van der Waals surface area contributed by atoms with E-state index < -0.39 is 0 Å². The lowest BCUT2D eigenvalue weighted by Gasteiger charge is -2.12. The number of benzene rings is 2. The summed E-state index contributed by atoms with van der Waals surface area (Å²) >= 11 is 0. The molecule has 0 aliphatic carbocycles. The van der Waals surface area contributed by atoms with Crippen LogP contribution in [-0.2, 0) is 13.0 Å². The maximum atomic E-state index is 9.11. The van der Waals surface area contributed by atoms with Gasteiger partial charge in [0.1, 0.15) is 24.2 Å². The zero-order chi connectivity index (χ0) is 13.9. The Labute approximate surface area is 118 Å². The summed E-state index contributed by atoms with van der Waals surface area (Å²) in [5.41, 5.74) is 3.36. The van der Waals surface area contributed by atoms with Gasteiger partial charge in [0.05, 0.1) is 6.61 Å². The van der Waals surface area contributed by atoms with Crippen LogP contribution in [0.2, 0.25) is 0 Å². The van der Waals surface area contributed by atoms with Crippen LogP contribution in [0.4, 0.5) is 0 Å². The molecular weight excluding hydrogens is 252 g/mol. The normalized spacial score (nSPS) is 16.6.